The number of ether oxygens (including phenoxy) is 1. The van der Waals surface area contributed by atoms with Crippen molar-refractivity contribution in [2.45, 2.75) is 68.7 Å². The number of nitrogens with one attached hydrogen (secondary N) is 1. The molecule has 0 saturated heterocycles. The van der Waals surface area contributed by atoms with Crippen molar-refractivity contribution < 1.29 is 36.2 Å². The molecule has 0 saturated carbocycles. The molecule has 0 spiro atoms. The molecule has 2 aromatic carbocycles. The van der Waals surface area contributed by atoms with E-state index in [0.717, 1.165) is 18.1 Å². The van der Waals surface area contributed by atoms with Crippen LogP contribution < -0.4 is 4.72 Å². The number of alkyl halides is 3. The summed E-state index contributed by atoms with van der Waals surface area (Å²) in [6.07, 6.45) is 0.355. The number of aromatic nitrogens is 1. The quantitative estimate of drug-likeness (QED) is 0.225. The Morgan fingerprint density at radius 1 is 1.05 bits per heavy atom. The molecule has 224 valence electrons. The number of hydrogen-bond acceptors (Lipinski definition) is 6. The fourth-order valence-electron chi connectivity index (χ4n) is 5.35. The molecule has 0 fully saturated rings. The van der Waals surface area contributed by atoms with Gasteiger partial charge in [-0.3, -0.25) is 9.52 Å². The van der Waals surface area contributed by atoms with Crippen LogP contribution in [-0.2, 0) is 32.2 Å². The Kier molecular flexibility index (Phi) is 9.30. The molecule has 1 aromatic heterocycles. The second kappa shape index (κ2) is 12.6. The zero-order chi connectivity index (χ0) is 30.5. The first kappa shape index (κ1) is 31.1. The van der Waals surface area contributed by atoms with Crippen LogP contribution in [0.4, 0.5) is 18.9 Å². The maximum absolute atomic E-state index is 13.5. The highest BCUT2D eigenvalue weighted by molar-refractivity contribution is 7.92. The standard InChI is InChI=1S/C31H33F3N2O5S/c1-3-16-30(17-15-21-9-6-5-7-10-21)19-26(37)28(29(38)41-30)25(4-2)22-11-8-12-24(18-22)36-42(39,40)27-14-13-23(20-35-27)31(32,33)34/h5-14,18-20,25,28,36-37H,3-4,15-17H2,1-2H3/t25-,28-,30-/m1/s1. The van der Waals surface area contributed by atoms with Gasteiger partial charge in [-0.1, -0.05) is 62.7 Å². The van der Waals surface area contributed by atoms with Gasteiger partial charge >= 0.3 is 12.1 Å². The summed E-state index contributed by atoms with van der Waals surface area (Å²) >= 11 is 0. The van der Waals surface area contributed by atoms with E-state index in [0.29, 0.717) is 43.5 Å². The minimum atomic E-state index is -4.65. The number of halogens is 3. The number of carbonyl (C=O) groups excluding carboxylic acids is 1. The lowest BCUT2D eigenvalue weighted by molar-refractivity contribution is -0.165. The molecule has 7 nitrogen and oxygen atoms in total. The molecule has 0 amide bonds. The van der Waals surface area contributed by atoms with Crippen LogP contribution >= 0.6 is 0 Å². The molecule has 3 atom stereocenters. The first-order valence-electron chi connectivity index (χ1n) is 13.7. The maximum atomic E-state index is 13.5. The van der Waals surface area contributed by atoms with Gasteiger partial charge in [-0.2, -0.15) is 21.6 Å². The molecule has 2 heterocycles. The second-order valence-electron chi connectivity index (χ2n) is 10.4. The van der Waals surface area contributed by atoms with Crippen molar-refractivity contribution in [2.24, 2.45) is 5.92 Å². The summed E-state index contributed by atoms with van der Waals surface area (Å²) in [6, 6.07) is 17.5. The molecule has 11 heteroatoms. The lowest BCUT2D eigenvalue weighted by Gasteiger charge is -2.38. The van der Waals surface area contributed by atoms with Crippen molar-refractivity contribution in [1.29, 1.82) is 0 Å². The number of esters is 1. The first-order valence-corrected chi connectivity index (χ1v) is 15.2. The van der Waals surface area contributed by atoms with Crippen LogP contribution in [0.1, 0.15) is 62.1 Å². The zero-order valence-corrected chi connectivity index (χ0v) is 24.1. The van der Waals surface area contributed by atoms with Gasteiger partial charge in [0.15, 0.2) is 5.03 Å². The van der Waals surface area contributed by atoms with Gasteiger partial charge in [-0.05, 0) is 67.2 Å². The maximum Gasteiger partial charge on any atom is 0.417 e. The molecular formula is C31H33F3N2O5S. The number of pyridine rings is 1. The van der Waals surface area contributed by atoms with E-state index < -0.39 is 50.2 Å². The molecule has 1 aliphatic heterocycles. The summed E-state index contributed by atoms with van der Waals surface area (Å²) in [5.41, 5.74) is -0.205. The second-order valence-corrected chi connectivity index (χ2v) is 12.0. The lowest BCUT2D eigenvalue weighted by Crippen LogP contribution is -2.43. The lowest BCUT2D eigenvalue weighted by atomic mass is 9.78. The average molecular weight is 603 g/mol. The number of aryl methyl sites for hydroxylation is 1. The monoisotopic (exact) mass is 602 g/mol. The predicted octanol–water partition coefficient (Wildman–Crippen LogP) is 7.18. The number of nitrogens with zero attached hydrogens (tertiary/aromatic N) is 1. The highest BCUT2D eigenvalue weighted by atomic mass is 32.2. The molecule has 0 radical (unpaired) electrons. The predicted molar refractivity (Wildman–Crippen MR) is 152 cm³/mol. The Balaban J connectivity index is 1.56. The molecule has 3 aromatic rings. The van der Waals surface area contributed by atoms with Crippen LogP contribution in [0.2, 0.25) is 0 Å². The van der Waals surface area contributed by atoms with Gasteiger partial charge in [-0.25, -0.2) is 4.98 Å². The number of anilines is 1. The number of aliphatic hydroxyl groups is 1. The van der Waals surface area contributed by atoms with Crippen molar-refractivity contribution in [2.75, 3.05) is 4.72 Å². The van der Waals surface area contributed by atoms with Crippen LogP contribution in [0.5, 0.6) is 0 Å². The van der Waals surface area contributed by atoms with Gasteiger partial charge < -0.3 is 9.84 Å². The summed E-state index contributed by atoms with van der Waals surface area (Å²) in [7, 11) is -4.30. The van der Waals surface area contributed by atoms with Gasteiger partial charge in [-0.15, -0.1) is 0 Å². The van der Waals surface area contributed by atoms with Crippen LogP contribution in [-0.4, -0.2) is 30.1 Å². The molecule has 1 aliphatic rings. The van der Waals surface area contributed by atoms with Crippen molar-refractivity contribution >= 4 is 21.7 Å². The van der Waals surface area contributed by atoms with E-state index in [1.54, 1.807) is 18.2 Å². The van der Waals surface area contributed by atoms with Gasteiger partial charge in [0.25, 0.3) is 10.0 Å². The molecule has 42 heavy (non-hydrogen) atoms. The van der Waals surface area contributed by atoms with E-state index in [-0.39, 0.29) is 11.4 Å². The topological polar surface area (TPSA) is 106 Å². The number of aliphatic hydroxyl groups excluding tert-OH is 1. The highest BCUT2D eigenvalue weighted by Crippen LogP contribution is 2.42. The van der Waals surface area contributed by atoms with Crippen molar-refractivity contribution in [3.63, 3.8) is 0 Å². The number of hydrogen-bond donors (Lipinski definition) is 2. The van der Waals surface area contributed by atoms with E-state index in [4.69, 9.17) is 4.74 Å². The van der Waals surface area contributed by atoms with Crippen molar-refractivity contribution in [3.05, 3.63) is 101 Å². The van der Waals surface area contributed by atoms with Crippen LogP contribution in [0.25, 0.3) is 0 Å². The van der Waals surface area contributed by atoms with E-state index in [1.165, 1.54) is 12.1 Å². The van der Waals surface area contributed by atoms with Gasteiger partial charge in [0.05, 0.1) is 5.56 Å². The summed E-state index contributed by atoms with van der Waals surface area (Å²) < 4.78 is 72.6. The molecule has 2 N–H and O–H groups in total. The Hall–Kier alpha value is -3.86. The van der Waals surface area contributed by atoms with Gasteiger partial charge in [0.1, 0.15) is 17.3 Å². The molecule has 0 bridgehead atoms. The van der Waals surface area contributed by atoms with E-state index in [9.17, 15) is 31.5 Å². The number of benzene rings is 2. The van der Waals surface area contributed by atoms with E-state index in [1.807, 2.05) is 44.2 Å². The summed E-state index contributed by atoms with van der Waals surface area (Å²) in [6.45, 7) is 3.83. The van der Waals surface area contributed by atoms with E-state index >= 15 is 0 Å². The van der Waals surface area contributed by atoms with Crippen molar-refractivity contribution in [1.82, 2.24) is 4.98 Å². The van der Waals surface area contributed by atoms with Crippen molar-refractivity contribution in [3.8, 4) is 0 Å². The van der Waals surface area contributed by atoms with Crippen LogP contribution in [0, 0.1) is 5.92 Å². The smallest absolute Gasteiger partial charge is 0.417 e. The third kappa shape index (κ3) is 7.13. The highest BCUT2D eigenvalue weighted by Gasteiger charge is 2.44. The molecule has 0 unspecified atom stereocenters. The van der Waals surface area contributed by atoms with Gasteiger partial charge in [0, 0.05) is 17.8 Å². The number of sulfonamides is 1. The Bertz CT molecular complexity index is 1530. The number of carbonyl (C=O) groups is 1. The SMILES string of the molecule is CCC[C@@]1(CCc2ccccc2)C=C(O)[C@@H]([C@H](CC)c2cccc(NS(=O)(=O)c3ccc(C(F)(F)F)cn3)c2)C(=O)O1. The Labute approximate surface area is 243 Å². The number of rotatable bonds is 11. The molecule has 4 rings (SSSR count). The Morgan fingerprint density at radius 3 is 2.38 bits per heavy atom. The third-order valence-corrected chi connectivity index (χ3v) is 8.68. The normalized spacial score (nSPS) is 20.0. The summed E-state index contributed by atoms with van der Waals surface area (Å²) in [5.74, 6) is -2.15. The molecular weight excluding hydrogens is 569 g/mol. The summed E-state index contributed by atoms with van der Waals surface area (Å²) in [5, 5.41) is 10.6. The fourth-order valence-corrected chi connectivity index (χ4v) is 6.33. The zero-order valence-electron chi connectivity index (χ0n) is 23.3. The fraction of sp³-hybridized carbons (Fsp3) is 0.355. The van der Waals surface area contributed by atoms with Crippen LogP contribution in [0.3, 0.4) is 0 Å². The largest absolute Gasteiger partial charge is 0.512 e. The minimum Gasteiger partial charge on any atom is -0.512 e. The van der Waals surface area contributed by atoms with E-state index in [2.05, 4.69) is 9.71 Å². The first-order chi connectivity index (χ1) is 19.9. The summed E-state index contributed by atoms with van der Waals surface area (Å²) in [4.78, 5) is 16.9. The minimum absolute atomic E-state index is 0.0838. The number of cyclic esters (lactones) is 1. The molecule has 0 aliphatic carbocycles. The van der Waals surface area contributed by atoms with Gasteiger partial charge in [0.2, 0.25) is 0 Å². The average Bonchev–Trinajstić information content (AvgIpc) is 2.94. The Morgan fingerprint density at radius 2 is 1.79 bits per heavy atom. The third-order valence-electron chi connectivity index (χ3n) is 7.39. The van der Waals surface area contributed by atoms with Crippen LogP contribution in [0.15, 0.2) is 89.8 Å².